The Balaban J connectivity index is 1.14. The fourth-order valence-corrected chi connectivity index (χ4v) is 8.58. The van der Waals surface area contributed by atoms with Crippen LogP contribution in [0, 0.1) is 0 Å². The standard InChI is InChI=1S/C53H35N3/c1-4-16-38(17-5-1)50-47-34-33-45-44(37-27-29-40(30-28-37)53-54-48-25-12-13-26-49(48)55(53)42-21-8-3-9-22-42)23-14-24-46(45)52(47)56(51(50)39-18-6-2-7-19-39)43-32-31-36-15-10-11-20-41(36)35-43/h1-35H. The van der Waals surface area contributed by atoms with E-state index in [1.54, 1.807) is 0 Å². The Bertz CT molecular complexity index is 3210. The summed E-state index contributed by atoms with van der Waals surface area (Å²) in [6, 6.07) is 76.4. The highest BCUT2D eigenvalue weighted by Gasteiger charge is 2.24. The molecule has 0 radical (unpaired) electrons. The summed E-state index contributed by atoms with van der Waals surface area (Å²) >= 11 is 0. The summed E-state index contributed by atoms with van der Waals surface area (Å²) in [5.41, 5.74) is 13.7. The Hall–Kier alpha value is -7.49. The van der Waals surface area contributed by atoms with Gasteiger partial charge in [-0.1, -0.05) is 176 Å². The summed E-state index contributed by atoms with van der Waals surface area (Å²) in [4.78, 5) is 5.12. The molecule has 0 N–H and O–H groups in total. The summed E-state index contributed by atoms with van der Waals surface area (Å²) in [5.74, 6) is 0.929. The fraction of sp³-hybridized carbons (Fsp3) is 0. The van der Waals surface area contributed by atoms with Gasteiger partial charge in [-0.3, -0.25) is 4.57 Å². The molecule has 11 rings (SSSR count). The maximum Gasteiger partial charge on any atom is 0.145 e. The molecule has 0 saturated carbocycles. The first-order chi connectivity index (χ1) is 27.8. The number of imidazole rings is 1. The van der Waals surface area contributed by atoms with E-state index < -0.39 is 0 Å². The largest absolute Gasteiger partial charge is 0.308 e. The third-order valence-electron chi connectivity index (χ3n) is 11.1. The van der Waals surface area contributed by atoms with Crippen molar-refractivity contribution in [2.75, 3.05) is 0 Å². The van der Waals surface area contributed by atoms with E-state index in [-0.39, 0.29) is 0 Å². The predicted octanol–water partition coefficient (Wildman–Crippen LogP) is 13.9. The van der Waals surface area contributed by atoms with E-state index in [1.807, 2.05) is 0 Å². The second-order valence-electron chi connectivity index (χ2n) is 14.4. The molecule has 3 heteroatoms. The van der Waals surface area contributed by atoms with Crippen LogP contribution in [0.1, 0.15) is 0 Å². The molecule has 0 aliphatic rings. The van der Waals surface area contributed by atoms with Gasteiger partial charge in [-0.05, 0) is 74.8 Å². The van der Waals surface area contributed by atoms with Crippen LogP contribution in [0.4, 0.5) is 0 Å². The highest BCUT2D eigenvalue weighted by atomic mass is 15.1. The minimum atomic E-state index is 0.929. The summed E-state index contributed by atoms with van der Waals surface area (Å²) < 4.78 is 4.76. The van der Waals surface area contributed by atoms with Crippen molar-refractivity contribution in [1.29, 1.82) is 0 Å². The number of benzene rings is 9. The average Bonchev–Trinajstić information content (AvgIpc) is 3.84. The van der Waals surface area contributed by atoms with Crippen LogP contribution < -0.4 is 0 Å². The first-order valence-corrected chi connectivity index (χ1v) is 19.1. The number of nitrogens with zero attached hydrogens (tertiary/aromatic N) is 3. The molecule has 11 aromatic rings. The third kappa shape index (κ3) is 5.17. The lowest BCUT2D eigenvalue weighted by atomic mass is 9.94. The molecule has 2 heterocycles. The molecule has 0 spiro atoms. The first-order valence-electron chi connectivity index (χ1n) is 19.1. The minimum Gasteiger partial charge on any atom is -0.308 e. The Morgan fingerprint density at radius 2 is 1.00 bits per heavy atom. The number of hydrogen-bond acceptors (Lipinski definition) is 1. The van der Waals surface area contributed by atoms with Crippen LogP contribution in [-0.4, -0.2) is 14.1 Å². The highest BCUT2D eigenvalue weighted by Crippen LogP contribution is 2.46. The molecule has 3 nitrogen and oxygen atoms in total. The quantitative estimate of drug-likeness (QED) is 0.168. The maximum atomic E-state index is 5.12. The lowest BCUT2D eigenvalue weighted by molar-refractivity contribution is 1.10. The van der Waals surface area contributed by atoms with Crippen LogP contribution in [-0.2, 0) is 0 Å². The van der Waals surface area contributed by atoms with E-state index in [0.717, 1.165) is 39.4 Å². The van der Waals surface area contributed by atoms with E-state index in [0.29, 0.717) is 0 Å². The molecule has 0 atom stereocenters. The summed E-state index contributed by atoms with van der Waals surface area (Å²) in [6.45, 7) is 0. The van der Waals surface area contributed by atoms with Gasteiger partial charge in [-0.2, -0.15) is 0 Å². The molecule has 0 fully saturated rings. The number of hydrogen-bond donors (Lipinski definition) is 0. The van der Waals surface area contributed by atoms with Gasteiger partial charge in [0.25, 0.3) is 0 Å². The molecular weight excluding hydrogens is 679 g/mol. The number of para-hydroxylation sites is 3. The Kier molecular flexibility index (Phi) is 7.49. The topological polar surface area (TPSA) is 22.8 Å². The van der Waals surface area contributed by atoms with Gasteiger partial charge in [0, 0.05) is 33.3 Å². The van der Waals surface area contributed by atoms with Crippen molar-refractivity contribution in [2.24, 2.45) is 0 Å². The molecule has 0 aliphatic heterocycles. The van der Waals surface area contributed by atoms with Crippen molar-refractivity contribution >= 4 is 43.5 Å². The zero-order valence-corrected chi connectivity index (χ0v) is 30.5. The van der Waals surface area contributed by atoms with Crippen molar-refractivity contribution < 1.29 is 0 Å². The zero-order chi connectivity index (χ0) is 37.0. The van der Waals surface area contributed by atoms with Gasteiger partial charge >= 0.3 is 0 Å². The summed E-state index contributed by atoms with van der Waals surface area (Å²) in [5, 5.41) is 6.09. The van der Waals surface area contributed by atoms with E-state index in [2.05, 4.69) is 221 Å². The molecular formula is C53H35N3. The molecule has 9 aromatic carbocycles. The van der Waals surface area contributed by atoms with Crippen molar-refractivity contribution in [2.45, 2.75) is 0 Å². The average molecular weight is 714 g/mol. The molecule has 0 unspecified atom stereocenters. The van der Waals surface area contributed by atoms with Gasteiger partial charge in [0.15, 0.2) is 0 Å². The van der Waals surface area contributed by atoms with E-state index in [9.17, 15) is 0 Å². The van der Waals surface area contributed by atoms with Gasteiger partial charge in [0.2, 0.25) is 0 Å². The second-order valence-corrected chi connectivity index (χ2v) is 14.4. The molecule has 56 heavy (non-hydrogen) atoms. The Morgan fingerprint density at radius 1 is 0.357 bits per heavy atom. The monoisotopic (exact) mass is 713 g/mol. The minimum absolute atomic E-state index is 0.929. The van der Waals surface area contributed by atoms with Gasteiger partial charge in [0.1, 0.15) is 5.82 Å². The van der Waals surface area contributed by atoms with E-state index in [4.69, 9.17) is 4.98 Å². The summed E-state index contributed by atoms with van der Waals surface area (Å²) in [6.07, 6.45) is 0. The smallest absolute Gasteiger partial charge is 0.145 e. The molecule has 0 aliphatic carbocycles. The molecule has 2 aromatic heterocycles. The molecule has 0 bridgehead atoms. The molecule has 0 saturated heterocycles. The van der Waals surface area contributed by atoms with Gasteiger partial charge < -0.3 is 4.57 Å². The lowest BCUT2D eigenvalue weighted by Crippen LogP contribution is -1.98. The molecule has 262 valence electrons. The number of aromatic nitrogens is 3. The summed E-state index contributed by atoms with van der Waals surface area (Å²) in [7, 11) is 0. The van der Waals surface area contributed by atoms with Gasteiger partial charge in [-0.25, -0.2) is 4.98 Å². The Labute approximate surface area is 325 Å². The van der Waals surface area contributed by atoms with Crippen LogP contribution in [0.2, 0.25) is 0 Å². The Morgan fingerprint density at radius 3 is 1.79 bits per heavy atom. The van der Waals surface area contributed by atoms with Crippen LogP contribution in [0.25, 0.3) is 99.8 Å². The normalized spacial score (nSPS) is 11.6. The van der Waals surface area contributed by atoms with Crippen molar-refractivity contribution in [1.82, 2.24) is 14.1 Å². The van der Waals surface area contributed by atoms with Gasteiger partial charge in [-0.15, -0.1) is 0 Å². The first kappa shape index (κ1) is 32.0. The highest BCUT2D eigenvalue weighted by molar-refractivity contribution is 6.18. The van der Waals surface area contributed by atoms with Crippen LogP contribution in [0.3, 0.4) is 0 Å². The number of fused-ring (bicyclic) bond motifs is 5. The zero-order valence-electron chi connectivity index (χ0n) is 30.5. The van der Waals surface area contributed by atoms with Crippen LogP contribution in [0.5, 0.6) is 0 Å². The van der Waals surface area contributed by atoms with Crippen molar-refractivity contribution in [3.8, 4) is 56.3 Å². The van der Waals surface area contributed by atoms with Crippen molar-refractivity contribution in [3.05, 3.63) is 212 Å². The van der Waals surface area contributed by atoms with Crippen LogP contribution in [0.15, 0.2) is 212 Å². The molecule has 0 amide bonds. The number of rotatable bonds is 6. The van der Waals surface area contributed by atoms with Gasteiger partial charge in [0.05, 0.1) is 22.2 Å². The third-order valence-corrected chi connectivity index (χ3v) is 11.1. The van der Waals surface area contributed by atoms with Crippen LogP contribution >= 0.6 is 0 Å². The second kappa shape index (κ2) is 13.1. The van der Waals surface area contributed by atoms with Crippen molar-refractivity contribution in [3.63, 3.8) is 0 Å². The fourth-order valence-electron chi connectivity index (χ4n) is 8.58. The predicted molar refractivity (Wildman–Crippen MR) is 235 cm³/mol. The SMILES string of the molecule is c1ccc(-c2c(-c3ccccc3)n(-c3ccc4ccccc4c3)c3c2ccc2c(-c4ccc(-c5nc6ccccc6n5-c5ccccc5)cc4)cccc23)cc1. The maximum absolute atomic E-state index is 5.12. The van der Waals surface area contributed by atoms with E-state index >= 15 is 0 Å². The van der Waals surface area contributed by atoms with E-state index in [1.165, 1.54) is 60.4 Å². The lowest BCUT2D eigenvalue weighted by Gasteiger charge is -2.16.